The normalized spacial score (nSPS) is 16.1. The minimum Gasteiger partial charge on any atom is -0.366 e. The summed E-state index contributed by atoms with van der Waals surface area (Å²) in [5, 5.41) is 8.81. The topological polar surface area (TPSA) is 59.9 Å². The smallest absolute Gasteiger partial charge is 0.256 e. The molecule has 0 aliphatic carbocycles. The van der Waals surface area contributed by atoms with Gasteiger partial charge in [-0.25, -0.2) is 0 Å². The molecular weight excluding hydrogens is 190 g/mol. The lowest BCUT2D eigenvalue weighted by Crippen LogP contribution is -2.35. The second kappa shape index (κ2) is 4.18. The van der Waals surface area contributed by atoms with Crippen molar-refractivity contribution in [1.29, 1.82) is 5.26 Å². The molecule has 0 unspecified atom stereocenters. The summed E-state index contributed by atoms with van der Waals surface area (Å²) in [6, 6.07) is 2.02. The van der Waals surface area contributed by atoms with E-state index in [1.165, 1.54) is 6.42 Å². The van der Waals surface area contributed by atoms with Gasteiger partial charge in [0.2, 0.25) is 0 Å². The van der Waals surface area contributed by atoms with E-state index in [1.54, 1.807) is 12.4 Å². The average molecular weight is 203 g/mol. The van der Waals surface area contributed by atoms with Gasteiger partial charge in [-0.05, 0) is 19.3 Å². The van der Waals surface area contributed by atoms with Crippen molar-refractivity contribution in [3.05, 3.63) is 23.5 Å². The quantitative estimate of drug-likeness (QED) is 0.752. The van der Waals surface area contributed by atoms with Crippen LogP contribution in [-0.2, 0) is 0 Å². The van der Waals surface area contributed by atoms with Gasteiger partial charge in [-0.15, -0.1) is 0 Å². The lowest BCUT2D eigenvalue weighted by Gasteiger charge is -2.26. The van der Waals surface area contributed by atoms with Crippen molar-refractivity contribution in [1.82, 2.24) is 9.88 Å². The fraction of sp³-hybridized carbons (Fsp3) is 0.455. The second-order valence-electron chi connectivity index (χ2n) is 3.75. The highest BCUT2D eigenvalue weighted by Crippen LogP contribution is 2.15. The number of nitrogens with zero attached hydrogens (tertiary/aromatic N) is 2. The van der Waals surface area contributed by atoms with Crippen LogP contribution in [0, 0.1) is 11.3 Å². The van der Waals surface area contributed by atoms with Gasteiger partial charge in [-0.2, -0.15) is 5.26 Å². The Hall–Kier alpha value is -1.76. The molecule has 1 fully saturated rings. The van der Waals surface area contributed by atoms with Gasteiger partial charge in [0.05, 0.1) is 11.1 Å². The van der Waals surface area contributed by atoms with E-state index in [0.717, 1.165) is 25.9 Å². The number of hydrogen-bond donors (Lipinski definition) is 1. The lowest BCUT2D eigenvalue weighted by molar-refractivity contribution is 0.0724. The number of nitriles is 1. The molecule has 1 aliphatic rings. The Bertz CT molecular complexity index is 396. The van der Waals surface area contributed by atoms with Crippen molar-refractivity contribution in [2.24, 2.45) is 0 Å². The van der Waals surface area contributed by atoms with Crippen molar-refractivity contribution in [3.8, 4) is 6.07 Å². The van der Waals surface area contributed by atoms with E-state index in [4.69, 9.17) is 5.26 Å². The summed E-state index contributed by atoms with van der Waals surface area (Å²) in [5.74, 6) is -0.0208. The number of rotatable bonds is 1. The Labute approximate surface area is 88.5 Å². The highest BCUT2D eigenvalue weighted by molar-refractivity contribution is 5.96. The third-order valence-electron chi connectivity index (χ3n) is 2.74. The molecule has 0 bridgehead atoms. The minimum atomic E-state index is -0.0208. The van der Waals surface area contributed by atoms with E-state index in [9.17, 15) is 4.79 Å². The molecule has 15 heavy (non-hydrogen) atoms. The number of hydrogen-bond acceptors (Lipinski definition) is 2. The number of likely N-dealkylation sites (tertiary alicyclic amines) is 1. The molecule has 0 radical (unpaired) electrons. The SMILES string of the molecule is N#Cc1c[nH]cc1C(=O)N1CCCCC1. The zero-order valence-electron chi connectivity index (χ0n) is 8.49. The zero-order valence-corrected chi connectivity index (χ0v) is 8.49. The molecule has 1 amide bonds. The number of nitrogens with one attached hydrogen (secondary N) is 1. The first-order chi connectivity index (χ1) is 7.33. The first-order valence-corrected chi connectivity index (χ1v) is 5.19. The largest absolute Gasteiger partial charge is 0.366 e. The Morgan fingerprint density at radius 2 is 2.07 bits per heavy atom. The van der Waals surface area contributed by atoms with E-state index >= 15 is 0 Å². The number of H-pyrrole nitrogens is 1. The second-order valence-corrected chi connectivity index (χ2v) is 3.75. The lowest BCUT2D eigenvalue weighted by atomic mass is 10.1. The van der Waals surface area contributed by atoms with E-state index in [0.29, 0.717) is 11.1 Å². The summed E-state index contributed by atoms with van der Waals surface area (Å²) in [6.45, 7) is 1.63. The third-order valence-corrected chi connectivity index (χ3v) is 2.74. The number of aromatic amines is 1. The first kappa shape index (κ1) is 9.78. The van der Waals surface area contributed by atoms with Crippen LogP contribution < -0.4 is 0 Å². The fourth-order valence-electron chi connectivity index (χ4n) is 1.90. The van der Waals surface area contributed by atoms with Gasteiger partial charge in [-0.3, -0.25) is 4.79 Å². The van der Waals surface area contributed by atoms with Gasteiger partial charge >= 0.3 is 0 Å². The van der Waals surface area contributed by atoms with Crippen LogP contribution in [0.1, 0.15) is 35.2 Å². The van der Waals surface area contributed by atoms with Gasteiger partial charge in [0, 0.05) is 25.5 Å². The summed E-state index contributed by atoms with van der Waals surface area (Å²) in [6.07, 6.45) is 6.50. The molecule has 0 atom stereocenters. The molecule has 1 aliphatic heterocycles. The molecule has 78 valence electrons. The molecule has 2 rings (SSSR count). The Morgan fingerprint density at radius 1 is 1.33 bits per heavy atom. The van der Waals surface area contributed by atoms with Crippen molar-refractivity contribution in [2.45, 2.75) is 19.3 Å². The van der Waals surface area contributed by atoms with Crippen molar-refractivity contribution >= 4 is 5.91 Å². The molecule has 4 heteroatoms. The van der Waals surface area contributed by atoms with Crippen LogP contribution in [-0.4, -0.2) is 28.9 Å². The van der Waals surface area contributed by atoms with Crippen molar-refractivity contribution < 1.29 is 4.79 Å². The maximum absolute atomic E-state index is 12.0. The first-order valence-electron chi connectivity index (χ1n) is 5.19. The molecule has 1 saturated heterocycles. The number of aromatic nitrogens is 1. The highest BCUT2D eigenvalue weighted by Gasteiger charge is 2.20. The van der Waals surface area contributed by atoms with Crippen LogP contribution in [0.2, 0.25) is 0 Å². The predicted octanol–water partition coefficient (Wildman–Crippen LogP) is 1.51. The average Bonchev–Trinajstić information content (AvgIpc) is 2.77. The van der Waals surface area contributed by atoms with E-state index < -0.39 is 0 Å². The molecule has 2 heterocycles. The molecule has 0 aromatic carbocycles. The molecule has 0 saturated carbocycles. The minimum absolute atomic E-state index is 0.0208. The van der Waals surface area contributed by atoms with Gasteiger partial charge in [0.25, 0.3) is 5.91 Å². The van der Waals surface area contributed by atoms with E-state index in [-0.39, 0.29) is 5.91 Å². The number of piperidine rings is 1. The Kier molecular flexibility index (Phi) is 2.72. The highest BCUT2D eigenvalue weighted by atomic mass is 16.2. The van der Waals surface area contributed by atoms with Crippen molar-refractivity contribution in [3.63, 3.8) is 0 Å². The molecule has 1 aromatic rings. The molecular formula is C11H13N3O. The summed E-state index contributed by atoms with van der Waals surface area (Å²) < 4.78 is 0. The maximum Gasteiger partial charge on any atom is 0.256 e. The van der Waals surface area contributed by atoms with Crippen LogP contribution in [0.25, 0.3) is 0 Å². The van der Waals surface area contributed by atoms with Crippen LogP contribution >= 0.6 is 0 Å². The van der Waals surface area contributed by atoms with Crippen molar-refractivity contribution in [2.75, 3.05) is 13.1 Å². The monoisotopic (exact) mass is 203 g/mol. The molecule has 1 aromatic heterocycles. The van der Waals surface area contributed by atoms with E-state index in [1.807, 2.05) is 11.0 Å². The molecule has 4 nitrogen and oxygen atoms in total. The van der Waals surface area contributed by atoms with Gasteiger partial charge in [-0.1, -0.05) is 0 Å². The maximum atomic E-state index is 12.0. The number of amides is 1. The van der Waals surface area contributed by atoms with Crippen LogP contribution in [0.5, 0.6) is 0 Å². The van der Waals surface area contributed by atoms with Crippen LogP contribution in [0.15, 0.2) is 12.4 Å². The summed E-state index contributed by atoms with van der Waals surface area (Å²) >= 11 is 0. The number of carbonyl (C=O) groups excluding carboxylic acids is 1. The fourth-order valence-corrected chi connectivity index (χ4v) is 1.90. The van der Waals surface area contributed by atoms with Crippen LogP contribution in [0.4, 0.5) is 0 Å². The standard InChI is InChI=1S/C11H13N3O/c12-6-9-7-13-8-10(9)11(15)14-4-2-1-3-5-14/h7-8,13H,1-5H2. The third kappa shape index (κ3) is 1.86. The molecule has 0 spiro atoms. The summed E-state index contributed by atoms with van der Waals surface area (Å²) in [7, 11) is 0. The number of carbonyl (C=O) groups is 1. The predicted molar refractivity (Wildman–Crippen MR) is 55.3 cm³/mol. The van der Waals surface area contributed by atoms with Gasteiger partial charge < -0.3 is 9.88 Å². The summed E-state index contributed by atoms with van der Waals surface area (Å²) in [5.41, 5.74) is 0.935. The van der Waals surface area contributed by atoms with Gasteiger partial charge in [0.1, 0.15) is 6.07 Å². The Balaban J connectivity index is 2.17. The Morgan fingerprint density at radius 3 is 2.73 bits per heavy atom. The van der Waals surface area contributed by atoms with Gasteiger partial charge in [0.15, 0.2) is 0 Å². The summed E-state index contributed by atoms with van der Waals surface area (Å²) in [4.78, 5) is 16.6. The molecule has 1 N–H and O–H groups in total. The zero-order chi connectivity index (χ0) is 10.7. The van der Waals surface area contributed by atoms with E-state index in [2.05, 4.69) is 4.98 Å². The van der Waals surface area contributed by atoms with Crippen LogP contribution in [0.3, 0.4) is 0 Å².